The van der Waals surface area contributed by atoms with Gasteiger partial charge in [0.25, 0.3) is 0 Å². The molecule has 0 aliphatic carbocycles. The molecule has 0 amide bonds. The first-order valence-corrected chi connectivity index (χ1v) is 5.88. The van der Waals surface area contributed by atoms with Crippen molar-refractivity contribution in [2.45, 2.75) is 25.8 Å². The molecule has 1 aliphatic rings. The van der Waals surface area contributed by atoms with Crippen LogP contribution in [-0.4, -0.2) is 39.9 Å². The lowest BCUT2D eigenvalue weighted by Gasteiger charge is -2.23. The topological polar surface area (TPSA) is 41.1 Å². The van der Waals surface area contributed by atoms with Gasteiger partial charge in [0.15, 0.2) is 0 Å². The minimum absolute atomic E-state index is 0.599. The summed E-state index contributed by atoms with van der Waals surface area (Å²) in [6.07, 6.45) is 4.29. The molecule has 1 atom stereocenters. The van der Waals surface area contributed by atoms with Crippen LogP contribution < -0.4 is 5.32 Å². The van der Waals surface area contributed by atoms with Crippen LogP contribution in [0.2, 0.25) is 0 Å². The monoisotopic (exact) mass is 212 g/mol. The first kappa shape index (κ1) is 9.86. The molecule has 5 heteroatoms. The molecule has 2 rings (SSSR count). The Hall–Kier alpha value is -0.680. The maximum atomic E-state index is 4.09. The van der Waals surface area contributed by atoms with E-state index in [9.17, 15) is 0 Å². The molecule has 0 radical (unpaired) electrons. The molecule has 4 nitrogen and oxygen atoms in total. The summed E-state index contributed by atoms with van der Waals surface area (Å²) in [5.74, 6) is 0. The third-order valence-corrected chi connectivity index (χ3v) is 3.30. The van der Waals surface area contributed by atoms with Crippen LogP contribution in [0.15, 0.2) is 6.33 Å². The van der Waals surface area contributed by atoms with Crippen LogP contribution >= 0.6 is 11.5 Å². The fourth-order valence-electron chi connectivity index (χ4n) is 1.80. The lowest BCUT2D eigenvalue weighted by atomic mass is 10.3. The van der Waals surface area contributed by atoms with Crippen LogP contribution in [0.1, 0.15) is 19.8 Å². The van der Waals surface area contributed by atoms with E-state index in [1.54, 1.807) is 6.33 Å². The van der Waals surface area contributed by atoms with Gasteiger partial charge in [-0.3, -0.25) is 4.90 Å². The summed E-state index contributed by atoms with van der Waals surface area (Å²) in [4.78, 5) is 6.61. The van der Waals surface area contributed by atoms with E-state index in [0.717, 1.165) is 11.7 Å². The van der Waals surface area contributed by atoms with Gasteiger partial charge >= 0.3 is 0 Å². The summed E-state index contributed by atoms with van der Waals surface area (Å²) in [5, 5.41) is 4.23. The van der Waals surface area contributed by atoms with Crippen LogP contribution in [0.25, 0.3) is 0 Å². The molecule has 1 aromatic heterocycles. The Balaban J connectivity index is 1.74. The molecule has 0 saturated carbocycles. The number of hydrogen-bond acceptors (Lipinski definition) is 5. The normalized spacial score (nSPS) is 19.8. The highest BCUT2D eigenvalue weighted by atomic mass is 32.1. The van der Waals surface area contributed by atoms with Crippen molar-refractivity contribution in [2.75, 3.05) is 25.0 Å². The molecule has 14 heavy (non-hydrogen) atoms. The Bertz CT molecular complexity index is 256. The van der Waals surface area contributed by atoms with E-state index >= 15 is 0 Å². The van der Waals surface area contributed by atoms with E-state index in [1.165, 1.54) is 37.5 Å². The fourth-order valence-corrected chi connectivity index (χ4v) is 2.23. The van der Waals surface area contributed by atoms with Crippen molar-refractivity contribution in [3.8, 4) is 0 Å². The standard InChI is InChI=1S/C9H16N4S/c1-8(13-4-2-3-5-13)6-10-9-11-7-12-14-9/h7-8H,2-6H2,1H3,(H,10,11,12). The molecule has 1 N–H and O–H groups in total. The Morgan fingerprint density at radius 3 is 3.00 bits per heavy atom. The average molecular weight is 212 g/mol. The zero-order valence-corrected chi connectivity index (χ0v) is 9.26. The van der Waals surface area contributed by atoms with Gasteiger partial charge in [-0.15, -0.1) is 0 Å². The Labute approximate surface area is 88.5 Å². The number of nitrogens with one attached hydrogen (secondary N) is 1. The lowest BCUT2D eigenvalue weighted by Crippen LogP contribution is -2.35. The fraction of sp³-hybridized carbons (Fsp3) is 0.778. The predicted molar refractivity (Wildman–Crippen MR) is 58.7 cm³/mol. The summed E-state index contributed by atoms with van der Waals surface area (Å²) in [5.41, 5.74) is 0. The van der Waals surface area contributed by atoms with E-state index in [4.69, 9.17) is 0 Å². The zero-order valence-electron chi connectivity index (χ0n) is 8.44. The Morgan fingerprint density at radius 1 is 1.57 bits per heavy atom. The van der Waals surface area contributed by atoms with Crippen molar-refractivity contribution in [3.63, 3.8) is 0 Å². The van der Waals surface area contributed by atoms with E-state index in [1.807, 2.05) is 0 Å². The van der Waals surface area contributed by atoms with Crippen LogP contribution in [0, 0.1) is 0 Å². The van der Waals surface area contributed by atoms with Gasteiger partial charge in [0, 0.05) is 24.1 Å². The van der Waals surface area contributed by atoms with Crippen molar-refractivity contribution >= 4 is 16.7 Å². The minimum Gasteiger partial charge on any atom is -0.359 e. The summed E-state index contributed by atoms with van der Waals surface area (Å²) in [6, 6.07) is 0.599. The number of nitrogens with zero attached hydrogens (tertiary/aromatic N) is 3. The second kappa shape index (κ2) is 4.70. The van der Waals surface area contributed by atoms with Gasteiger partial charge in [-0.2, -0.15) is 4.37 Å². The maximum Gasteiger partial charge on any atom is 0.202 e. The van der Waals surface area contributed by atoms with Gasteiger partial charge in [0.1, 0.15) is 6.33 Å². The van der Waals surface area contributed by atoms with E-state index < -0.39 is 0 Å². The van der Waals surface area contributed by atoms with Crippen molar-refractivity contribution in [1.82, 2.24) is 14.3 Å². The summed E-state index contributed by atoms with van der Waals surface area (Å²) in [6.45, 7) is 5.73. The Kier molecular flexibility index (Phi) is 3.31. The molecular formula is C9H16N4S. The molecule has 78 valence electrons. The lowest BCUT2D eigenvalue weighted by molar-refractivity contribution is 0.269. The molecule has 0 aromatic carbocycles. The Morgan fingerprint density at radius 2 is 2.36 bits per heavy atom. The summed E-state index contributed by atoms with van der Waals surface area (Å²) < 4.78 is 3.95. The second-order valence-corrected chi connectivity index (χ2v) is 4.50. The molecule has 0 bridgehead atoms. The molecule has 2 heterocycles. The maximum absolute atomic E-state index is 4.09. The summed E-state index contributed by atoms with van der Waals surface area (Å²) >= 11 is 1.42. The first-order valence-electron chi connectivity index (χ1n) is 5.11. The first-order chi connectivity index (χ1) is 6.86. The van der Waals surface area contributed by atoms with Crippen LogP contribution in [-0.2, 0) is 0 Å². The van der Waals surface area contributed by atoms with E-state index in [-0.39, 0.29) is 0 Å². The highest BCUT2D eigenvalue weighted by molar-refractivity contribution is 7.09. The molecule has 1 aromatic rings. The predicted octanol–water partition coefficient (Wildman–Crippen LogP) is 1.43. The summed E-state index contributed by atoms with van der Waals surface area (Å²) in [7, 11) is 0. The van der Waals surface area contributed by atoms with E-state index in [2.05, 4.69) is 26.5 Å². The third kappa shape index (κ3) is 2.42. The van der Waals surface area contributed by atoms with Crippen molar-refractivity contribution in [1.29, 1.82) is 0 Å². The molecule has 1 unspecified atom stereocenters. The zero-order chi connectivity index (χ0) is 9.80. The van der Waals surface area contributed by atoms with Crippen LogP contribution in [0.4, 0.5) is 5.13 Å². The van der Waals surface area contributed by atoms with Crippen LogP contribution in [0.5, 0.6) is 0 Å². The van der Waals surface area contributed by atoms with Crippen molar-refractivity contribution in [2.24, 2.45) is 0 Å². The molecular weight excluding hydrogens is 196 g/mol. The molecule has 0 spiro atoms. The van der Waals surface area contributed by atoms with Gasteiger partial charge in [0.2, 0.25) is 5.13 Å². The van der Waals surface area contributed by atoms with Crippen molar-refractivity contribution in [3.05, 3.63) is 6.33 Å². The number of anilines is 1. The highest BCUT2D eigenvalue weighted by Crippen LogP contribution is 2.13. The number of rotatable bonds is 4. The molecule has 1 fully saturated rings. The van der Waals surface area contributed by atoms with Gasteiger partial charge < -0.3 is 5.32 Å². The van der Waals surface area contributed by atoms with Crippen LogP contribution in [0.3, 0.4) is 0 Å². The smallest absolute Gasteiger partial charge is 0.202 e. The largest absolute Gasteiger partial charge is 0.359 e. The quantitative estimate of drug-likeness (QED) is 0.820. The second-order valence-electron chi connectivity index (χ2n) is 3.72. The van der Waals surface area contributed by atoms with Crippen molar-refractivity contribution < 1.29 is 0 Å². The highest BCUT2D eigenvalue weighted by Gasteiger charge is 2.17. The SMILES string of the molecule is CC(CNc1ncns1)N1CCCC1. The number of aromatic nitrogens is 2. The molecule has 1 aliphatic heterocycles. The number of hydrogen-bond donors (Lipinski definition) is 1. The van der Waals surface area contributed by atoms with Gasteiger partial charge in [-0.25, -0.2) is 4.98 Å². The van der Waals surface area contributed by atoms with Gasteiger partial charge in [0.05, 0.1) is 0 Å². The minimum atomic E-state index is 0.599. The number of likely N-dealkylation sites (tertiary alicyclic amines) is 1. The average Bonchev–Trinajstić information content (AvgIpc) is 2.87. The molecule has 1 saturated heterocycles. The van der Waals surface area contributed by atoms with Gasteiger partial charge in [-0.05, 0) is 32.9 Å². The van der Waals surface area contributed by atoms with Gasteiger partial charge in [-0.1, -0.05) is 0 Å². The third-order valence-electron chi connectivity index (χ3n) is 2.67. The van der Waals surface area contributed by atoms with E-state index in [0.29, 0.717) is 6.04 Å².